The van der Waals surface area contributed by atoms with Gasteiger partial charge in [0.15, 0.2) is 5.82 Å². The number of ether oxygens (including phenoxy) is 1. The molecule has 3 aromatic carbocycles. The Morgan fingerprint density at radius 2 is 1.67 bits per heavy atom. The van der Waals surface area contributed by atoms with Gasteiger partial charge in [-0.1, -0.05) is 18.2 Å². The summed E-state index contributed by atoms with van der Waals surface area (Å²) >= 11 is 0. The van der Waals surface area contributed by atoms with Crippen LogP contribution in [0.4, 0.5) is 30.6 Å². The molecule has 7 nitrogen and oxygen atoms in total. The quantitative estimate of drug-likeness (QED) is 0.278. The fourth-order valence-electron chi connectivity index (χ4n) is 3.60. The van der Waals surface area contributed by atoms with Crippen LogP contribution in [0.2, 0.25) is 0 Å². The van der Waals surface area contributed by atoms with E-state index in [1.165, 1.54) is 12.1 Å². The summed E-state index contributed by atoms with van der Waals surface area (Å²) in [6, 6.07) is 21.8. The van der Waals surface area contributed by atoms with Crippen LogP contribution in [0.5, 0.6) is 11.5 Å². The molecule has 0 saturated heterocycles. The summed E-state index contributed by atoms with van der Waals surface area (Å²) in [5.74, 6) is 2.71. The predicted molar refractivity (Wildman–Crippen MR) is 133 cm³/mol. The van der Waals surface area contributed by atoms with Gasteiger partial charge in [0.1, 0.15) is 17.3 Å². The smallest absolute Gasteiger partial charge is 0.416 e. The molecule has 0 amide bonds. The number of fused-ring (bicyclic) bond motifs is 1. The van der Waals surface area contributed by atoms with E-state index in [1.54, 1.807) is 0 Å². The maximum atomic E-state index is 13.0. The number of nitrogens with zero attached hydrogens (tertiary/aromatic N) is 4. The van der Waals surface area contributed by atoms with E-state index in [9.17, 15) is 13.2 Å². The number of halogens is 3. The number of para-hydroxylation sites is 1. The molecule has 0 aliphatic rings. The summed E-state index contributed by atoms with van der Waals surface area (Å²) in [6.07, 6.45) is -4.43. The number of anilines is 3. The molecule has 0 radical (unpaired) electrons. The van der Waals surface area contributed by atoms with Gasteiger partial charge >= 0.3 is 6.18 Å². The van der Waals surface area contributed by atoms with E-state index >= 15 is 0 Å². The van der Waals surface area contributed by atoms with Crippen LogP contribution in [0.1, 0.15) is 5.56 Å². The molecular weight excluding hydrogens is 469 g/mol. The minimum Gasteiger partial charge on any atom is -0.457 e. The SMILES string of the molecule is CN(C)c1cc(Oc2ccc(-c3nc(Nc4cccc(C(F)(F)F)c4)n[nH]3)cc2)c2ccccc2n1. The van der Waals surface area contributed by atoms with Crippen LogP contribution in [-0.2, 0) is 6.18 Å². The first-order valence-electron chi connectivity index (χ1n) is 11.0. The highest BCUT2D eigenvalue weighted by Crippen LogP contribution is 2.33. The number of alkyl halides is 3. The Morgan fingerprint density at radius 3 is 2.42 bits per heavy atom. The van der Waals surface area contributed by atoms with Crippen LogP contribution in [-0.4, -0.2) is 34.3 Å². The predicted octanol–water partition coefficient (Wildman–Crippen LogP) is 6.64. The van der Waals surface area contributed by atoms with Crippen LogP contribution in [0.25, 0.3) is 22.3 Å². The minimum atomic E-state index is -4.43. The highest BCUT2D eigenvalue weighted by Gasteiger charge is 2.30. The lowest BCUT2D eigenvalue weighted by molar-refractivity contribution is -0.137. The largest absolute Gasteiger partial charge is 0.457 e. The van der Waals surface area contributed by atoms with E-state index < -0.39 is 11.7 Å². The molecule has 0 unspecified atom stereocenters. The molecule has 2 heterocycles. The van der Waals surface area contributed by atoms with E-state index in [0.717, 1.165) is 34.4 Å². The number of H-pyrrole nitrogens is 1. The lowest BCUT2D eigenvalue weighted by Gasteiger charge is -2.15. The molecule has 2 aromatic heterocycles. The Balaban J connectivity index is 1.34. The fourth-order valence-corrected chi connectivity index (χ4v) is 3.60. The van der Waals surface area contributed by atoms with Crippen LogP contribution >= 0.6 is 0 Å². The lowest BCUT2D eigenvalue weighted by Crippen LogP contribution is -2.10. The van der Waals surface area contributed by atoms with Gasteiger partial charge in [0.25, 0.3) is 0 Å². The van der Waals surface area contributed by atoms with Crippen molar-refractivity contribution < 1.29 is 17.9 Å². The van der Waals surface area contributed by atoms with Crippen molar-refractivity contribution in [3.63, 3.8) is 0 Å². The average molecular weight is 490 g/mol. The van der Waals surface area contributed by atoms with E-state index in [4.69, 9.17) is 4.74 Å². The highest BCUT2D eigenvalue weighted by molar-refractivity contribution is 5.87. The molecule has 10 heteroatoms. The number of aromatic amines is 1. The zero-order valence-electron chi connectivity index (χ0n) is 19.3. The van der Waals surface area contributed by atoms with Crippen molar-refractivity contribution in [1.29, 1.82) is 0 Å². The van der Waals surface area contributed by atoms with Gasteiger partial charge in [-0.15, -0.1) is 5.10 Å². The third-order valence-electron chi connectivity index (χ3n) is 5.41. The molecule has 0 atom stereocenters. The first-order chi connectivity index (χ1) is 17.3. The molecule has 5 aromatic rings. The number of hydrogen-bond donors (Lipinski definition) is 2. The van der Waals surface area contributed by atoms with Gasteiger partial charge in [-0.3, -0.25) is 5.10 Å². The molecule has 0 aliphatic heterocycles. The third-order valence-corrected chi connectivity index (χ3v) is 5.41. The van der Waals surface area contributed by atoms with Gasteiger partial charge < -0.3 is 15.0 Å². The highest BCUT2D eigenvalue weighted by atomic mass is 19.4. The van der Waals surface area contributed by atoms with Crippen LogP contribution < -0.4 is 15.0 Å². The van der Waals surface area contributed by atoms with Gasteiger partial charge in [-0.25, -0.2) is 4.98 Å². The topological polar surface area (TPSA) is 79.0 Å². The molecule has 36 heavy (non-hydrogen) atoms. The third kappa shape index (κ3) is 4.92. The second-order valence-corrected chi connectivity index (χ2v) is 8.23. The van der Waals surface area contributed by atoms with Crippen molar-refractivity contribution in [3.05, 3.63) is 84.4 Å². The summed E-state index contributed by atoms with van der Waals surface area (Å²) in [4.78, 5) is 10.9. The van der Waals surface area contributed by atoms with Gasteiger partial charge in [0.2, 0.25) is 5.95 Å². The van der Waals surface area contributed by atoms with Gasteiger partial charge in [-0.05, 0) is 54.6 Å². The maximum Gasteiger partial charge on any atom is 0.416 e. The molecule has 0 fully saturated rings. The van der Waals surface area contributed by atoms with Gasteiger partial charge in [-0.2, -0.15) is 18.2 Å². The summed E-state index contributed by atoms with van der Waals surface area (Å²) in [6.45, 7) is 0. The molecule has 0 aliphatic carbocycles. The minimum absolute atomic E-state index is 0.157. The van der Waals surface area contributed by atoms with E-state index in [2.05, 4.69) is 25.5 Å². The van der Waals surface area contributed by atoms with Crippen molar-refractivity contribution in [3.8, 4) is 22.9 Å². The number of benzene rings is 3. The van der Waals surface area contributed by atoms with Crippen molar-refractivity contribution in [1.82, 2.24) is 20.2 Å². The molecule has 2 N–H and O–H groups in total. The molecule has 182 valence electrons. The van der Waals surface area contributed by atoms with Gasteiger partial charge in [0, 0.05) is 36.8 Å². The number of rotatable bonds is 6. The number of hydrogen-bond acceptors (Lipinski definition) is 6. The Labute approximate surface area is 204 Å². The zero-order valence-corrected chi connectivity index (χ0v) is 19.3. The second-order valence-electron chi connectivity index (χ2n) is 8.23. The molecule has 0 bridgehead atoms. The zero-order chi connectivity index (χ0) is 25.3. The molecule has 0 spiro atoms. The fraction of sp³-hybridized carbons (Fsp3) is 0.115. The van der Waals surface area contributed by atoms with Crippen LogP contribution in [0, 0.1) is 0 Å². The summed E-state index contributed by atoms with van der Waals surface area (Å²) in [5.41, 5.74) is 1.05. The normalized spacial score (nSPS) is 11.5. The maximum absolute atomic E-state index is 13.0. The summed E-state index contributed by atoms with van der Waals surface area (Å²) < 4.78 is 45.0. The Kier molecular flexibility index (Phi) is 5.93. The molecule has 0 saturated carbocycles. The second kappa shape index (κ2) is 9.21. The van der Waals surface area contributed by atoms with Crippen molar-refractivity contribution in [2.24, 2.45) is 0 Å². The Morgan fingerprint density at radius 1 is 0.889 bits per heavy atom. The lowest BCUT2D eigenvalue weighted by atomic mass is 10.2. The molecular formula is C26H21F3N6O. The van der Waals surface area contributed by atoms with Crippen molar-refractivity contribution in [2.75, 3.05) is 24.3 Å². The average Bonchev–Trinajstić information content (AvgIpc) is 3.32. The van der Waals surface area contributed by atoms with Crippen LogP contribution in [0.3, 0.4) is 0 Å². The van der Waals surface area contributed by atoms with E-state index in [0.29, 0.717) is 17.3 Å². The Bertz CT molecular complexity index is 1510. The van der Waals surface area contributed by atoms with Gasteiger partial charge in [0.05, 0.1) is 11.1 Å². The van der Waals surface area contributed by atoms with Crippen molar-refractivity contribution in [2.45, 2.75) is 6.18 Å². The number of pyridine rings is 1. The number of aromatic nitrogens is 4. The monoisotopic (exact) mass is 490 g/mol. The standard InChI is InChI=1S/C26H21F3N6O/c1-35(2)23-15-22(20-8-3-4-9-21(20)31-23)36-19-12-10-16(11-13-19)24-32-25(34-33-24)30-18-7-5-6-17(14-18)26(27,28)29/h3-15H,1-2H3,(H2,30,32,33,34). The summed E-state index contributed by atoms with van der Waals surface area (Å²) in [5, 5.41) is 10.5. The summed E-state index contributed by atoms with van der Waals surface area (Å²) in [7, 11) is 3.84. The van der Waals surface area contributed by atoms with E-state index in [-0.39, 0.29) is 11.6 Å². The number of nitrogens with one attached hydrogen (secondary N) is 2. The first-order valence-corrected chi connectivity index (χ1v) is 11.0. The first kappa shape index (κ1) is 23.2. The van der Waals surface area contributed by atoms with Crippen LogP contribution in [0.15, 0.2) is 78.9 Å². The Hall–Kier alpha value is -4.60. The van der Waals surface area contributed by atoms with Crippen molar-refractivity contribution >= 4 is 28.4 Å². The van der Waals surface area contributed by atoms with E-state index in [1.807, 2.05) is 73.6 Å². The molecule has 5 rings (SSSR count).